The number of carboxylic acids is 1. The third-order valence-electron chi connectivity index (χ3n) is 9.14. The summed E-state index contributed by atoms with van der Waals surface area (Å²) in [5, 5.41) is 8.77. The van der Waals surface area contributed by atoms with Gasteiger partial charge in [0, 0.05) is 16.9 Å². The summed E-state index contributed by atoms with van der Waals surface area (Å²) in [5.41, 5.74) is 6.49. The molecule has 0 unspecified atom stereocenters. The number of fused-ring (bicyclic) bond motifs is 1. The minimum atomic E-state index is -0.915. The molecule has 5 aromatic carbocycles. The van der Waals surface area contributed by atoms with Crippen LogP contribution in [0.5, 0.6) is 17.2 Å². The fourth-order valence-corrected chi connectivity index (χ4v) is 6.08. The van der Waals surface area contributed by atoms with E-state index < -0.39 is 5.97 Å². The van der Waals surface area contributed by atoms with Crippen LogP contribution in [0.3, 0.4) is 0 Å². The van der Waals surface area contributed by atoms with Crippen LogP contribution in [-0.4, -0.2) is 35.8 Å². The van der Waals surface area contributed by atoms with Crippen LogP contribution in [0, 0.1) is 19.8 Å². The first-order valence-electron chi connectivity index (χ1n) is 17.1. The molecule has 8 heteroatoms. The highest BCUT2D eigenvalue weighted by Crippen LogP contribution is 2.36. The van der Waals surface area contributed by atoms with Crippen LogP contribution >= 0.6 is 0 Å². The highest BCUT2D eigenvalue weighted by molar-refractivity contribution is 6.34. The van der Waals surface area contributed by atoms with E-state index in [0.29, 0.717) is 39.4 Å². The van der Waals surface area contributed by atoms with Crippen molar-refractivity contribution in [1.29, 1.82) is 0 Å². The van der Waals surface area contributed by atoms with E-state index in [-0.39, 0.29) is 42.8 Å². The van der Waals surface area contributed by atoms with Gasteiger partial charge in [-0.05, 0) is 96.8 Å². The second kappa shape index (κ2) is 16.5. The molecule has 1 heterocycles. The van der Waals surface area contributed by atoms with Crippen LogP contribution in [0.15, 0.2) is 109 Å². The van der Waals surface area contributed by atoms with Gasteiger partial charge in [-0.2, -0.15) is 0 Å². The molecule has 1 aliphatic heterocycles. The third kappa shape index (κ3) is 8.90. The molecule has 1 aliphatic rings. The lowest BCUT2D eigenvalue weighted by Gasteiger charge is -2.26. The monoisotopic (exact) mass is 713 g/mol. The lowest BCUT2D eigenvalue weighted by atomic mass is 9.78. The van der Waals surface area contributed by atoms with Gasteiger partial charge in [-0.25, -0.2) is 4.90 Å². The van der Waals surface area contributed by atoms with Crippen LogP contribution in [-0.2, 0) is 16.6 Å². The maximum atomic E-state index is 13.1. The summed E-state index contributed by atoms with van der Waals surface area (Å²) in [6.07, 6.45) is -0.103. The molecule has 274 valence electrons. The average Bonchev–Trinajstić information content (AvgIpc) is 3.37. The lowest BCUT2D eigenvalue weighted by Crippen LogP contribution is -2.29. The molecule has 1 N–H and O–H groups in total. The Balaban J connectivity index is 0.000000312. The van der Waals surface area contributed by atoms with Crippen LogP contribution < -0.4 is 14.4 Å². The molecule has 0 aromatic heterocycles. The Hall–Kier alpha value is -6.02. The van der Waals surface area contributed by atoms with E-state index in [1.165, 1.54) is 10.5 Å². The summed E-state index contributed by atoms with van der Waals surface area (Å²) >= 11 is 0. The normalized spacial score (nSPS) is 12.0. The number of amides is 2. The molecule has 53 heavy (non-hydrogen) atoms. The zero-order valence-corrected chi connectivity index (χ0v) is 30.5. The maximum Gasteiger partial charge on any atom is 0.307 e. The molecule has 8 nitrogen and oxygen atoms in total. The zero-order chi connectivity index (χ0) is 37.7. The lowest BCUT2D eigenvalue weighted by molar-refractivity contribution is -0.136. The van der Waals surface area contributed by atoms with E-state index in [2.05, 4.69) is 26.0 Å². The molecule has 5 aromatic rings. The van der Waals surface area contributed by atoms with E-state index in [1.54, 1.807) is 43.5 Å². The van der Waals surface area contributed by atoms with Gasteiger partial charge < -0.3 is 14.6 Å². The SMILES string of the molecule is C.COc1ccc(C(C)(C)c2ccc(Oc3ccc4c(c3)C(=O)N(c3cccc(C)c3)C4=O)cc2)cc1.Cc1ccc(CC(=O)O)c(C(=O)C(C)C)c1. The standard InChI is InChI=1S/C31H27NO4.C13H16O3.CH4/c1-20-6-5-7-23(18-20)32-29(33)27-17-16-26(19-28(27)30(32)34)36-25-14-10-22(11-15-25)31(2,3)21-8-12-24(35-4)13-9-21;1-8(2)13(16)11-6-9(3)4-5-10(11)7-12(14)15;/h5-19H,1-4H3;4-6,8H,7H2,1-3H3,(H,14,15);1H4. The summed E-state index contributed by atoms with van der Waals surface area (Å²) in [4.78, 5) is 49.8. The Kier molecular flexibility index (Phi) is 12.4. The molecule has 0 saturated heterocycles. The fraction of sp³-hybridized carbons (Fsp3) is 0.244. The van der Waals surface area contributed by atoms with Gasteiger partial charge in [0.05, 0.1) is 30.3 Å². The Morgan fingerprint density at radius 1 is 0.717 bits per heavy atom. The van der Waals surface area contributed by atoms with Crippen LogP contribution in [0.25, 0.3) is 0 Å². The second-order valence-corrected chi connectivity index (χ2v) is 13.7. The average molecular weight is 714 g/mol. The number of ketones is 1. The quantitative estimate of drug-likeness (QED) is 0.113. The van der Waals surface area contributed by atoms with Crippen LogP contribution in [0.1, 0.15) is 94.0 Å². The van der Waals surface area contributed by atoms with Gasteiger partial charge >= 0.3 is 5.97 Å². The van der Waals surface area contributed by atoms with Crippen molar-refractivity contribution in [2.24, 2.45) is 5.92 Å². The molecular formula is C45H47NO7. The van der Waals surface area contributed by atoms with Crippen molar-refractivity contribution < 1.29 is 33.8 Å². The van der Waals surface area contributed by atoms with Crippen molar-refractivity contribution in [3.05, 3.63) is 154 Å². The minimum Gasteiger partial charge on any atom is -0.497 e. The van der Waals surface area contributed by atoms with Crippen LogP contribution in [0.4, 0.5) is 5.69 Å². The van der Waals surface area contributed by atoms with E-state index in [4.69, 9.17) is 14.6 Å². The number of hydrogen-bond donors (Lipinski definition) is 1. The summed E-state index contributed by atoms with van der Waals surface area (Å²) in [7, 11) is 1.66. The number of imide groups is 1. The first kappa shape index (κ1) is 39.8. The van der Waals surface area contributed by atoms with Crippen molar-refractivity contribution in [1.82, 2.24) is 0 Å². The number of anilines is 1. The Bertz CT molecular complexity index is 2130. The van der Waals surface area contributed by atoms with E-state index in [1.807, 2.05) is 88.4 Å². The number of ether oxygens (including phenoxy) is 2. The Labute approximate surface area is 312 Å². The van der Waals surface area contributed by atoms with Gasteiger partial charge in [0.2, 0.25) is 0 Å². The zero-order valence-electron chi connectivity index (χ0n) is 30.5. The van der Waals surface area contributed by atoms with Gasteiger partial charge in [0.25, 0.3) is 11.8 Å². The van der Waals surface area contributed by atoms with Gasteiger partial charge in [-0.15, -0.1) is 0 Å². The molecule has 2 amide bonds. The number of Topliss-reactive ketones (excluding diaryl/α,β-unsaturated/α-hetero) is 1. The van der Waals surface area contributed by atoms with Gasteiger partial charge in [-0.3, -0.25) is 19.2 Å². The number of aliphatic carboxylic acids is 1. The number of benzene rings is 5. The number of carbonyl (C=O) groups is 4. The Morgan fingerprint density at radius 2 is 1.28 bits per heavy atom. The molecule has 0 saturated carbocycles. The molecular weight excluding hydrogens is 666 g/mol. The number of rotatable bonds is 10. The van der Waals surface area contributed by atoms with Crippen molar-refractivity contribution in [2.45, 2.75) is 60.8 Å². The molecule has 0 fully saturated rings. The van der Waals surface area contributed by atoms with Crippen molar-refractivity contribution in [3.8, 4) is 17.2 Å². The predicted octanol–water partition coefficient (Wildman–Crippen LogP) is 10.0. The molecule has 0 radical (unpaired) electrons. The van der Waals surface area contributed by atoms with Crippen molar-refractivity contribution in [3.63, 3.8) is 0 Å². The number of aryl methyl sites for hydroxylation is 2. The first-order valence-corrected chi connectivity index (χ1v) is 17.1. The van der Waals surface area contributed by atoms with Crippen molar-refractivity contribution in [2.75, 3.05) is 12.0 Å². The maximum absolute atomic E-state index is 13.1. The smallest absolute Gasteiger partial charge is 0.307 e. The summed E-state index contributed by atoms with van der Waals surface area (Å²) in [6, 6.07) is 33.7. The first-order chi connectivity index (χ1) is 24.7. The van der Waals surface area contributed by atoms with E-state index in [9.17, 15) is 19.2 Å². The molecule has 0 aliphatic carbocycles. The van der Waals surface area contributed by atoms with Gasteiger partial charge in [-0.1, -0.05) is 89.2 Å². The highest BCUT2D eigenvalue weighted by Gasteiger charge is 2.37. The van der Waals surface area contributed by atoms with Crippen LogP contribution in [0.2, 0.25) is 0 Å². The van der Waals surface area contributed by atoms with Gasteiger partial charge in [0.15, 0.2) is 5.78 Å². The number of carboxylic acid groups (broad SMARTS) is 1. The topological polar surface area (TPSA) is 110 Å². The molecule has 6 rings (SSSR count). The van der Waals surface area contributed by atoms with Gasteiger partial charge in [0.1, 0.15) is 17.2 Å². The highest BCUT2D eigenvalue weighted by atomic mass is 16.5. The molecule has 0 spiro atoms. The number of nitrogens with zero attached hydrogens (tertiary/aromatic N) is 1. The summed E-state index contributed by atoms with van der Waals surface area (Å²) in [5.74, 6) is 0.283. The Morgan fingerprint density at radius 3 is 1.85 bits per heavy atom. The molecule has 0 atom stereocenters. The van der Waals surface area contributed by atoms with E-state index >= 15 is 0 Å². The van der Waals surface area contributed by atoms with Crippen molar-refractivity contribution >= 4 is 29.3 Å². The summed E-state index contributed by atoms with van der Waals surface area (Å²) in [6.45, 7) is 11.8. The second-order valence-electron chi connectivity index (χ2n) is 13.7. The van der Waals surface area contributed by atoms with E-state index in [0.717, 1.165) is 22.4 Å². The third-order valence-corrected chi connectivity index (χ3v) is 9.14. The fourth-order valence-electron chi connectivity index (χ4n) is 6.08. The number of carbonyl (C=O) groups excluding carboxylic acids is 3. The number of methoxy groups -OCH3 is 1. The number of hydrogen-bond acceptors (Lipinski definition) is 6. The summed E-state index contributed by atoms with van der Waals surface area (Å²) < 4.78 is 11.3. The largest absolute Gasteiger partial charge is 0.497 e. The molecule has 0 bridgehead atoms. The minimum absolute atomic E-state index is 0. The predicted molar refractivity (Wildman–Crippen MR) is 209 cm³/mol.